The molecule has 3 aliphatic rings. The summed E-state index contributed by atoms with van der Waals surface area (Å²) < 4.78 is 93.7. The van der Waals surface area contributed by atoms with Gasteiger partial charge in [-0.25, -0.2) is 9.29 Å². The number of ether oxygens (including phenoxy) is 2. The number of aromatic nitrogens is 2. The second-order valence-electron chi connectivity index (χ2n) is 13.5. The number of halogens is 5. The van der Waals surface area contributed by atoms with Gasteiger partial charge in [0, 0.05) is 0 Å². The normalized spacial score (nSPS) is 27.6. The smallest absolute Gasteiger partial charge is 0.408 e. The summed E-state index contributed by atoms with van der Waals surface area (Å²) >= 11 is 12.3. The summed E-state index contributed by atoms with van der Waals surface area (Å²) in [5.41, 5.74) is -6.29. The lowest BCUT2D eigenvalue weighted by atomic mass is 10.1. The minimum Gasteiger partial charge on any atom is -0.408 e. The molecule has 3 aliphatic heterocycles. The average molecular weight is 682 g/mol. The maximum atomic E-state index is 13.9. The molecule has 0 N–H and O–H groups in total. The van der Waals surface area contributed by atoms with E-state index in [0.29, 0.717) is 0 Å². The van der Waals surface area contributed by atoms with E-state index in [1.54, 1.807) is 0 Å². The predicted octanol–water partition coefficient (Wildman–Crippen LogP) is 6.08. The minimum atomic E-state index is -6.02. The van der Waals surface area contributed by atoms with E-state index in [9.17, 15) is 21.6 Å². The number of fused-ring (bicyclic) bond motifs is 6. The second-order valence-corrected chi connectivity index (χ2v) is 25.5. The van der Waals surface area contributed by atoms with E-state index >= 15 is 0 Å². The molecule has 2 fully saturated rings. The van der Waals surface area contributed by atoms with E-state index in [1.165, 1.54) is 4.90 Å². The van der Waals surface area contributed by atoms with Crippen molar-refractivity contribution >= 4 is 61.4 Å². The van der Waals surface area contributed by atoms with Gasteiger partial charge in [0.1, 0.15) is 24.0 Å². The van der Waals surface area contributed by atoms with Gasteiger partial charge in [-0.2, -0.15) is 26.6 Å². The monoisotopic (exact) mass is 680 g/mol. The molecule has 5 atom stereocenters. The van der Waals surface area contributed by atoms with E-state index in [2.05, 4.69) is 64.6 Å². The molecular weight excluding hydrogens is 644 g/mol. The van der Waals surface area contributed by atoms with Crippen LogP contribution in [0.4, 0.5) is 24.7 Å². The summed E-state index contributed by atoms with van der Waals surface area (Å²) in [7, 11) is -11.0. The Balaban J connectivity index is 1.91. The van der Waals surface area contributed by atoms with Crippen molar-refractivity contribution in [1.29, 1.82) is 0 Å². The number of anilines is 2. The van der Waals surface area contributed by atoms with E-state index in [0.717, 1.165) is 0 Å². The molecule has 2 bridgehead atoms. The molecule has 0 saturated carbocycles. The standard InChI is InChI=1S/C23H37Cl2F3N4O6SSi2/c1-21(2,3)40(7,8)37-14-12-11-35-20-31(18(36-12)15(14)38-41(9,10)22(4,5)6)17-13(16(24)29-19(25)30-17)32(20)39(33,34)23(26,27)28/h12,14-15,18,20H,11H2,1-10H3/t12-,14-,15-,18-,20-/m1/s1. The summed E-state index contributed by atoms with van der Waals surface area (Å²) in [6, 6.07) is 0. The predicted molar refractivity (Wildman–Crippen MR) is 155 cm³/mol. The fraction of sp³-hybridized carbons (Fsp3) is 0.826. The Labute approximate surface area is 251 Å². The van der Waals surface area contributed by atoms with Crippen LogP contribution >= 0.6 is 23.2 Å². The number of nitrogens with zero attached hydrogens (tertiary/aromatic N) is 4. The van der Waals surface area contributed by atoms with Crippen molar-refractivity contribution < 1.29 is 39.9 Å². The van der Waals surface area contributed by atoms with Crippen LogP contribution in [0.3, 0.4) is 0 Å². The molecule has 234 valence electrons. The van der Waals surface area contributed by atoms with Crippen LogP contribution in [0.1, 0.15) is 41.5 Å². The number of hydrogen-bond acceptors (Lipinski definition) is 9. The van der Waals surface area contributed by atoms with Crippen LogP contribution in [0.25, 0.3) is 0 Å². The summed E-state index contributed by atoms with van der Waals surface area (Å²) in [5.74, 6) is -0.282. The molecule has 0 aliphatic carbocycles. The van der Waals surface area contributed by atoms with Crippen LogP contribution in [0.5, 0.6) is 0 Å². The van der Waals surface area contributed by atoms with Crippen LogP contribution in [0.15, 0.2) is 0 Å². The van der Waals surface area contributed by atoms with Crippen molar-refractivity contribution in [1.82, 2.24) is 9.97 Å². The van der Waals surface area contributed by atoms with Gasteiger partial charge in [0.25, 0.3) is 0 Å². The third kappa shape index (κ3) is 5.54. The first-order valence-corrected chi connectivity index (χ1v) is 21.1. The lowest BCUT2D eigenvalue weighted by molar-refractivity contribution is -0.0483. The molecule has 2 saturated heterocycles. The summed E-state index contributed by atoms with van der Waals surface area (Å²) in [6.45, 7) is 20.4. The van der Waals surface area contributed by atoms with E-state index in [-0.39, 0.29) is 26.8 Å². The fourth-order valence-electron chi connectivity index (χ4n) is 4.38. The summed E-state index contributed by atoms with van der Waals surface area (Å²) in [4.78, 5) is 9.02. The van der Waals surface area contributed by atoms with E-state index in [4.69, 9.17) is 41.5 Å². The third-order valence-electron chi connectivity index (χ3n) is 8.69. The van der Waals surface area contributed by atoms with Crippen molar-refractivity contribution in [2.45, 2.75) is 114 Å². The Bertz CT molecular complexity index is 1310. The largest absolute Gasteiger partial charge is 0.516 e. The van der Waals surface area contributed by atoms with Crippen LogP contribution in [0.2, 0.25) is 46.7 Å². The lowest BCUT2D eigenvalue weighted by Crippen LogP contribution is -2.61. The maximum absolute atomic E-state index is 13.9. The summed E-state index contributed by atoms with van der Waals surface area (Å²) in [6.07, 6.45) is -5.27. The molecule has 0 unspecified atom stereocenters. The molecule has 1 aromatic heterocycles. The Hall–Kier alpha value is -0.726. The molecule has 41 heavy (non-hydrogen) atoms. The third-order valence-corrected chi connectivity index (χ3v) is 19.5. The van der Waals surface area contributed by atoms with Crippen LogP contribution < -0.4 is 9.21 Å². The molecule has 4 heterocycles. The Morgan fingerprint density at radius 1 is 0.927 bits per heavy atom. The maximum Gasteiger partial charge on any atom is 0.516 e. The molecule has 1 aromatic rings. The summed E-state index contributed by atoms with van der Waals surface area (Å²) in [5, 5.41) is -1.42. The van der Waals surface area contributed by atoms with Crippen LogP contribution in [-0.2, 0) is 28.3 Å². The highest BCUT2D eigenvalue weighted by Crippen LogP contribution is 2.53. The van der Waals surface area contributed by atoms with Gasteiger partial charge in [-0.3, -0.25) is 4.90 Å². The molecule has 0 spiro atoms. The second kappa shape index (κ2) is 10.2. The van der Waals surface area contributed by atoms with Crippen molar-refractivity contribution in [3.63, 3.8) is 0 Å². The zero-order valence-electron chi connectivity index (χ0n) is 24.6. The first-order chi connectivity index (χ1) is 18.3. The zero-order chi connectivity index (χ0) is 31.3. The van der Waals surface area contributed by atoms with Gasteiger partial charge in [0.15, 0.2) is 33.8 Å². The average Bonchev–Trinajstić information content (AvgIpc) is 3.16. The van der Waals surface area contributed by atoms with Crippen molar-refractivity contribution in [2.75, 3.05) is 15.8 Å². The van der Waals surface area contributed by atoms with Crippen molar-refractivity contribution in [3.8, 4) is 0 Å². The first-order valence-electron chi connectivity index (χ1n) is 13.1. The van der Waals surface area contributed by atoms with Gasteiger partial charge in [-0.15, -0.1) is 0 Å². The molecule has 0 amide bonds. The molecule has 10 nitrogen and oxygen atoms in total. The minimum absolute atomic E-state index is 0.0537. The Morgan fingerprint density at radius 3 is 1.93 bits per heavy atom. The Morgan fingerprint density at radius 2 is 1.44 bits per heavy atom. The fourth-order valence-corrected chi connectivity index (χ4v) is 8.53. The lowest BCUT2D eigenvalue weighted by Gasteiger charge is -2.46. The topological polar surface area (TPSA) is 103 Å². The SMILES string of the molecule is CC(C)(C)[Si](C)(C)O[C@@H]1[C@H](O[Si](C)(C)C(C)(C)C)[C@H]2CO[C@@H]3N(c4nc(Cl)nc(Cl)c4N3S(=O)(=O)C(F)(F)F)[C@@H]1O2. The van der Waals surface area contributed by atoms with Gasteiger partial charge in [-0.05, 0) is 47.9 Å². The van der Waals surface area contributed by atoms with Gasteiger partial charge < -0.3 is 18.3 Å². The quantitative estimate of drug-likeness (QED) is 0.208. The number of hydrogen-bond donors (Lipinski definition) is 0. The number of rotatable bonds is 5. The van der Waals surface area contributed by atoms with Crippen LogP contribution in [0, 0.1) is 0 Å². The van der Waals surface area contributed by atoms with Crippen molar-refractivity contribution in [3.05, 3.63) is 10.4 Å². The highest BCUT2D eigenvalue weighted by atomic mass is 35.5. The highest BCUT2D eigenvalue weighted by Gasteiger charge is 2.64. The highest BCUT2D eigenvalue weighted by molar-refractivity contribution is 7.93. The molecule has 0 radical (unpaired) electrons. The van der Waals surface area contributed by atoms with Crippen molar-refractivity contribution in [2.24, 2.45) is 0 Å². The number of alkyl halides is 3. The molecule has 0 aromatic carbocycles. The van der Waals surface area contributed by atoms with Gasteiger partial charge >= 0.3 is 15.5 Å². The Kier molecular flexibility index (Phi) is 8.22. The molecule has 18 heteroatoms. The van der Waals surface area contributed by atoms with E-state index in [1.807, 2.05) is 13.1 Å². The molecular formula is C23H37Cl2F3N4O6SSi2. The first kappa shape index (κ1) is 33.2. The number of sulfonamides is 1. The van der Waals surface area contributed by atoms with E-state index < -0.39 is 79.2 Å². The van der Waals surface area contributed by atoms with Crippen LogP contribution in [-0.4, -0.2) is 78.0 Å². The van der Waals surface area contributed by atoms with Gasteiger partial charge in [0.05, 0.1) is 6.61 Å². The zero-order valence-corrected chi connectivity index (χ0v) is 29.0. The van der Waals surface area contributed by atoms with Gasteiger partial charge in [0.2, 0.25) is 11.6 Å². The molecule has 4 rings (SSSR count). The van der Waals surface area contributed by atoms with Gasteiger partial charge in [-0.1, -0.05) is 53.1 Å².